The third kappa shape index (κ3) is 3.70. The maximum Gasteiger partial charge on any atom is 0.176 e. The van der Waals surface area contributed by atoms with Crippen LogP contribution in [0.2, 0.25) is 0 Å². The van der Waals surface area contributed by atoms with Crippen LogP contribution in [-0.4, -0.2) is 29.6 Å². The lowest BCUT2D eigenvalue weighted by atomic mass is 9.86. The SMILES string of the molecule is Cc1ccc(C(O)(C#CCN2CCCC2)c2ccc(C)cc2)cc1. The topological polar surface area (TPSA) is 23.5 Å². The lowest BCUT2D eigenvalue weighted by Gasteiger charge is -2.24. The zero-order chi connectivity index (χ0) is 17.0. The number of hydrogen-bond acceptors (Lipinski definition) is 2. The normalized spacial score (nSPS) is 15.1. The van der Waals surface area contributed by atoms with Crippen LogP contribution in [0.4, 0.5) is 0 Å². The minimum Gasteiger partial charge on any atom is -0.369 e. The number of likely N-dealkylation sites (tertiary alicyclic amines) is 1. The first-order chi connectivity index (χ1) is 11.6. The molecule has 1 N–H and O–H groups in total. The standard InChI is InChI=1S/C22H25NO/c1-18-6-10-20(11-7-18)22(24,21-12-8-19(2)9-13-21)14-5-17-23-15-3-4-16-23/h6-13,24H,3-4,15-17H2,1-2H3. The van der Waals surface area contributed by atoms with Crippen molar-refractivity contribution in [2.75, 3.05) is 19.6 Å². The first-order valence-electron chi connectivity index (χ1n) is 8.67. The summed E-state index contributed by atoms with van der Waals surface area (Å²) in [5.41, 5.74) is 2.74. The molecule has 0 aliphatic carbocycles. The summed E-state index contributed by atoms with van der Waals surface area (Å²) in [6.07, 6.45) is 2.50. The minimum atomic E-state index is -1.26. The lowest BCUT2D eigenvalue weighted by molar-refractivity contribution is 0.145. The molecule has 1 aliphatic heterocycles. The average Bonchev–Trinajstić information content (AvgIpc) is 3.09. The summed E-state index contributed by atoms with van der Waals surface area (Å²) in [6.45, 7) is 7.05. The van der Waals surface area contributed by atoms with Gasteiger partial charge in [0.2, 0.25) is 0 Å². The smallest absolute Gasteiger partial charge is 0.176 e. The van der Waals surface area contributed by atoms with E-state index < -0.39 is 5.60 Å². The Labute approximate surface area is 145 Å². The first-order valence-corrected chi connectivity index (χ1v) is 8.67. The predicted octanol–water partition coefficient (Wildman–Crippen LogP) is 3.64. The molecule has 0 unspecified atom stereocenters. The van der Waals surface area contributed by atoms with Gasteiger partial charge >= 0.3 is 0 Å². The Kier molecular flexibility index (Phi) is 5.04. The summed E-state index contributed by atoms with van der Waals surface area (Å²) >= 11 is 0. The van der Waals surface area contributed by atoms with Gasteiger partial charge in [-0.25, -0.2) is 0 Å². The van der Waals surface area contributed by atoms with Gasteiger partial charge in [-0.2, -0.15) is 0 Å². The van der Waals surface area contributed by atoms with Gasteiger partial charge in [0.1, 0.15) is 0 Å². The number of hydrogen-bond donors (Lipinski definition) is 1. The summed E-state index contributed by atoms with van der Waals surface area (Å²) in [4.78, 5) is 2.34. The summed E-state index contributed by atoms with van der Waals surface area (Å²) in [6, 6.07) is 16.0. The molecule has 1 aliphatic rings. The van der Waals surface area contributed by atoms with Crippen LogP contribution in [0.1, 0.15) is 35.1 Å². The van der Waals surface area contributed by atoms with Crippen molar-refractivity contribution in [2.24, 2.45) is 0 Å². The lowest BCUT2D eigenvalue weighted by Crippen LogP contribution is -2.26. The summed E-state index contributed by atoms with van der Waals surface area (Å²) in [7, 11) is 0. The van der Waals surface area contributed by atoms with Crippen LogP contribution >= 0.6 is 0 Å². The Morgan fingerprint density at radius 2 is 1.33 bits per heavy atom. The summed E-state index contributed by atoms with van der Waals surface area (Å²) < 4.78 is 0. The molecule has 0 amide bonds. The molecule has 0 atom stereocenters. The van der Waals surface area contributed by atoms with Crippen molar-refractivity contribution in [3.05, 3.63) is 70.8 Å². The van der Waals surface area contributed by atoms with E-state index in [-0.39, 0.29) is 0 Å². The quantitative estimate of drug-likeness (QED) is 0.873. The number of rotatable bonds is 3. The number of aryl methyl sites for hydroxylation is 2. The van der Waals surface area contributed by atoms with E-state index in [1.165, 1.54) is 24.0 Å². The molecule has 0 spiro atoms. The second-order valence-corrected chi connectivity index (χ2v) is 6.73. The van der Waals surface area contributed by atoms with Gasteiger partial charge in [-0.05, 0) is 39.8 Å². The van der Waals surface area contributed by atoms with Gasteiger partial charge in [-0.3, -0.25) is 4.90 Å². The van der Waals surface area contributed by atoms with E-state index >= 15 is 0 Å². The molecule has 0 aromatic heterocycles. The van der Waals surface area contributed by atoms with Gasteiger partial charge in [0, 0.05) is 11.1 Å². The maximum atomic E-state index is 11.4. The van der Waals surface area contributed by atoms with Gasteiger partial charge in [-0.1, -0.05) is 71.5 Å². The van der Waals surface area contributed by atoms with Crippen LogP contribution in [0, 0.1) is 25.7 Å². The second kappa shape index (κ2) is 7.21. The van der Waals surface area contributed by atoms with Crippen molar-refractivity contribution in [3.63, 3.8) is 0 Å². The zero-order valence-electron chi connectivity index (χ0n) is 14.5. The van der Waals surface area contributed by atoms with Gasteiger partial charge in [0.05, 0.1) is 6.54 Å². The van der Waals surface area contributed by atoms with Crippen LogP contribution < -0.4 is 0 Å². The molecular weight excluding hydrogens is 294 g/mol. The molecule has 0 bridgehead atoms. The molecule has 2 aromatic carbocycles. The van der Waals surface area contributed by atoms with Crippen molar-refractivity contribution in [2.45, 2.75) is 32.3 Å². The fraction of sp³-hybridized carbons (Fsp3) is 0.364. The molecule has 0 radical (unpaired) electrons. The number of benzene rings is 2. The van der Waals surface area contributed by atoms with Gasteiger partial charge in [-0.15, -0.1) is 0 Å². The average molecular weight is 319 g/mol. The molecule has 3 rings (SSSR count). The van der Waals surface area contributed by atoms with Crippen LogP contribution in [0.15, 0.2) is 48.5 Å². The van der Waals surface area contributed by atoms with Crippen molar-refractivity contribution < 1.29 is 5.11 Å². The Bertz CT molecular complexity index is 683. The highest BCUT2D eigenvalue weighted by atomic mass is 16.3. The van der Waals surface area contributed by atoms with Crippen LogP contribution in [0.3, 0.4) is 0 Å². The Morgan fingerprint density at radius 1 is 0.875 bits per heavy atom. The molecular formula is C22H25NO. The van der Waals surface area contributed by atoms with E-state index in [1.54, 1.807) is 0 Å². The highest BCUT2D eigenvalue weighted by Crippen LogP contribution is 2.29. The summed E-state index contributed by atoms with van der Waals surface area (Å²) in [5, 5.41) is 11.4. The molecule has 0 saturated carbocycles. The first kappa shape index (κ1) is 16.8. The molecule has 124 valence electrons. The van der Waals surface area contributed by atoms with Crippen LogP contribution in [0.25, 0.3) is 0 Å². The molecule has 24 heavy (non-hydrogen) atoms. The third-order valence-corrected chi connectivity index (χ3v) is 4.71. The third-order valence-electron chi connectivity index (χ3n) is 4.71. The monoisotopic (exact) mass is 319 g/mol. The van der Waals surface area contributed by atoms with E-state index in [1.807, 2.05) is 62.4 Å². The molecule has 2 heteroatoms. The largest absolute Gasteiger partial charge is 0.369 e. The predicted molar refractivity (Wildman–Crippen MR) is 98.8 cm³/mol. The molecule has 1 fully saturated rings. The van der Waals surface area contributed by atoms with Crippen molar-refractivity contribution >= 4 is 0 Å². The highest BCUT2D eigenvalue weighted by Gasteiger charge is 2.29. The molecule has 1 heterocycles. The van der Waals surface area contributed by atoms with Gasteiger partial charge < -0.3 is 5.11 Å². The van der Waals surface area contributed by atoms with E-state index in [0.717, 1.165) is 30.8 Å². The van der Waals surface area contributed by atoms with Crippen LogP contribution in [-0.2, 0) is 5.60 Å². The Hall–Kier alpha value is -2.08. The van der Waals surface area contributed by atoms with E-state index in [0.29, 0.717) is 0 Å². The maximum absolute atomic E-state index is 11.4. The van der Waals surface area contributed by atoms with Crippen molar-refractivity contribution in [3.8, 4) is 11.8 Å². The minimum absolute atomic E-state index is 0.722. The van der Waals surface area contributed by atoms with E-state index in [2.05, 4.69) is 16.7 Å². The Balaban J connectivity index is 1.94. The second-order valence-electron chi connectivity index (χ2n) is 6.73. The molecule has 1 saturated heterocycles. The molecule has 2 aromatic rings. The van der Waals surface area contributed by atoms with Crippen LogP contribution in [0.5, 0.6) is 0 Å². The fourth-order valence-electron chi connectivity index (χ4n) is 3.12. The number of nitrogens with zero attached hydrogens (tertiary/aromatic N) is 1. The van der Waals surface area contributed by atoms with Crippen molar-refractivity contribution in [1.82, 2.24) is 4.90 Å². The Morgan fingerprint density at radius 3 is 1.79 bits per heavy atom. The molecule has 2 nitrogen and oxygen atoms in total. The zero-order valence-corrected chi connectivity index (χ0v) is 14.5. The van der Waals surface area contributed by atoms with E-state index in [4.69, 9.17) is 0 Å². The number of aliphatic hydroxyl groups is 1. The van der Waals surface area contributed by atoms with E-state index in [9.17, 15) is 5.11 Å². The highest BCUT2D eigenvalue weighted by molar-refractivity contribution is 5.45. The summed E-state index contributed by atoms with van der Waals surface area (Å²) in [5.74, 6) is 6.38. The van der Waals surface area contributed by atoms with Gasteiger partial charge in [0.25, 0.3) is 0 Å². The van der Waals surface area contributed by atoms with Gasteiger partial charge in [0.15, 0.2) is 5.60 Å². The van der Waals surface area contributed by atoms with Crippen molar-refractivity contribution in [1.29, 1.82) is 0 Å². The fourth-order valence-corrected chi connectivity index (χ4v) is 3.12.